The van der Waals surface area contributed by atoms with Crippen molar-refractivity contribution in [3.63, 3.8) is 0 Å². The van der Waals surface area contributed by atoms with E-state index in [9.17, 15) is 5.11 Å². The first-order chi connectivity index (χ1) is 13.7. The average Bonchev–Trinajstić information content (AvgIpc) is 3.28. The van der Waals surface area contributed by atoms with Crippen molar-refractivity contribution in [2.45, 2.75) is 26.0 Å². The van der Waals surface area contributed by atoms with Crippen molar-refractivity contribution in [2.75, 3.05) is 5.32 Å². The molecule has 29 heavy (non-hydrogen) atoms. The summed E-state index contributed by atoms with van der Waals surface area (Å²) in [6, 6.07) is 7.32. The van der Waals surface area contributed by atoms with Crippen LogP contribution in [0.15, 0.2) is 41.3 Å². The van der Waals surface area contributed by atoms with Crippen molar-refractivity contribution in [3.8, 4) is 5.69 Å². The van der Waals surface area contributed by atoms with Crippen molar-refractivity contribution in [3.05, 3.63) is 62.8 Å². The second-order valence-electron chi connectivity index (χ2n) is 6.84. The Morgan fingerprint density at radius 2 is 2.00 bits per heavy atom. The number of hydrogen-bond acceptors (Lipinski definition) is 6. The van der Waals surface area contributed by atoms with Crippen LogP contribution in [0.2, 0.25) is 10.3 Å². The zero-order chi connectivity index (χ0) is 20.8. The number of aliphatic hydroxyl groups is 1. The van der Waals surface area contributed by atoms with Crippen LogP contribution < -0.4 is 5.32 Å². The second kappa shape index (κ2) is 7.56. The summed E-state index contributed by atoms with van der Waals surface area (Å²) in [7, 11) is 0. The minimum absolute atomic E-state index is 0.0833. The lowest BCUT2D eigenvalue weighted by Gasteiger charge is -2.15. The fourth-order valence-corrected chi connectivity index (χ4v) is 3.59. The number of hydrogen-bond donors (Lipinski definition) is 2. The SMILES string of the molecule is CC(C)(O)c1ccn(-c2cccc(Cl)c2CNc2nc(Cl)nn3c(Br)cnc23)n1. The van der Waals surface area contributed by atoms with Crippen LogP contribution in [-0.4, -0.2) is 34.5 Å². The van der Waals surface area contributed by atoms with E-state index in [1.165, 1.54) is 0 Å². The molecule has 0 saturated heterocycles. The van der Waals surface area contributed by atoms with Gasteiger partial charge in [0.1, 0.15) is 10.2 Å². The van der Waals surface area contributed by atoms with Crippen LogP contribution in [-0.2, 0) is 12.1 Å². The monoisotopic (exact) mass is 495 g/mol. The van der Waals surface area contributed by atoms with Gasteiger partial charge in [-0.15, -0.1) is 5.10 Å². The van der Waals surface area contributed by atoms with Gasteiger partial charge in [-0.1, -0.05) is 17.7 Å². The zero-order valence-corrected chi connectivity index (χ0v) is 18.5. The standard InChI is InChI=1S/C18H16BrCl2N7O/c1-18(2,29)13-6-7-27(25-13)12-5-3-4-11(20)10(12)8-22-15-16-23-9-14(19)28(16)26-17(21)24-15/h3-7,9,29H,8H2,1-2H3,(H,22,24,26). The number of fused-ring (bicyclic) bond motifs is 1. The highest BCUT2D eigenvalue weighted by atomic mass is 79.9. The van der Waals surface area contributed by atoms with Crippen LogP contribution in [0, 0.1) is 0 Å². The molecule has 0 saturated carbocycles. The van der Waals surface area contributed by atoms with Gasteiger partial charge in [0.05, 0.1) is 17.6 Å². The van der Waals surface area contributed by atoms with Gasteiger partial charge in [0.15, 0.2) is 11.5 Å². The Kier molecular flexibility index (Phi) is 5.24. The number of nitrogens with zero attached hydrogens (tertiary/aromatic N) is 6. The van der Waals surface area contributed by atoms with Crippen LogP contribution in [0.25, 0.3) is 11.3 Å². The van der Waals surface area contributed by atoms with Gasteiger partial charge in [-0.3, -0.25) is 0 Å². The molecule has 0 bridgehead atoms. The summed E-state index contributed by atoms with van der Waals surface area (Å²) in [4.78, 5) is 8.54. The van der Waals surface area contributed by atoms with Gasteiger partial charge in [-0.25, -0.2) is 14.2 Å². The first-order valence-electron chi connectivity index (χ1n) is 8.61. The maximum Gasteiger partial charge on any atom is 0.243 e. The van der Waals surface area contributed by atoms with Gasteiger partial charge in [0, 0.05) is 23.3 Å². The molecule has 0 radical (unpaired) electrons. The summed E-state index contributed by atoms with van der Waals surface area (Å²) >= 11 is 15.9. The highest BCUT2D eigenvalue weighted by molar-refractivity contribution is 9.10. The summed E-state index contributed by atoms with van der Waals surface area (Å²) in [5, 5.41) is 22.7. The van der Waals surface area contributed by atoms with Crippen molar-refractivity contribution in [1.29, 1.82) is 0 Å². The number of halogens is 3. The van der Waals surface area contributed by atoms with E-state index in [4.69, 9.17) is 23.2 Å². The van der Waals surface area contributed by atoms with Gasteiger partial charge >= 0.3 is 0 Å². The molecule has 0 aliphatic rings. The Labute approximate surface area is 184 Å². The molecule has 3 aromatic heterocycles. The molecule has 0 spiro atoms. The third-order valence-electron chi connectivity index (χ3n) is 4.28. The molecule has 2 N–H and O–H groups in total. The molecular formula is C18H16BrCl2N7O. The first-order valence-corrected chi connectivity index (χ1v) is 10.2. The van der Waals surface area contributed by atoms with Crippen molar-refractivity contribution in [1.82, 2.24) is 29.4 Å². The van der Waals surface area contributed by atoms with Crippen molar-refractivity contribution in [2.24, 2.45) is 0 Å². The second-order valence-corrected chi connectivity index (χ2v) is 8.40. The molecule has 0 unspecified atom stereocenters. The molecule has 1 aromatic carbocycles. The summed E-state index contributed by atoms with van der Waals surface area (Å²) in [6.07, 6.45) is 3.41. The molecule has 11 heteroatoms. The fourth-order valence-electron chi connectivity index (χ4n) is 2.84. The van der Waals surface area contributed by atoms with Crippen LogP contribution in [0.4, 0.5) is 5.82 Å². The molecule has 150 valence electrons. The Balaban J connectivity index is 1.70. The summed E-state index contributed by atoms with van der Waals surface area (Å²) < 4.78 is 3.90. The largest absolute Gasteiger partial charge is 0.384 e. The van der Waals surface area contributed by atoms with Crippen LogP contribution in [0.1, 0.15) is 25.1 Å². The number of anilines is 1. The smallest absolute Gasteiger partial charge is 0.243 e. The maximum absolute atomic E-state index is 10.2. The van der Waals surface area contributed by atoms with Gasteiger partial charge < -0.3 is 10.4 Å². The van der Waals surface area contributed by atoms with Crippen LogP contribution in [0.3, 0.4) is 0 Å². The predicted molar refractivity (Wildman–Crippen MR) is 115 cm³/mol. The number of imidazole rings is 1. The molecule has 3 heterocycles. The molecule has 4 rings (SSSR count). The molecule has 0 amide bonds. The number of aromatic nitrogens is 6. The third kappa shape index (κ3) is 3.95. The average molecular weight is 497 g/mol. The predicted octanol–water partition coefficient (Wildman–Crippen LogP) is 4.22. The molecule has 4 aromatic rings. The van der Waals surface area contributed by atoms with Gasteiger partial charge in [0.2, 0.25) is 5.28 Å². The highest BCUT2D eigenvalue weighted by Crippen LogP contribution is 2.27. The van der Waals surface area contributed by atoms with E-state index in [1.807, 2.05) is 12.1 Å². The zero-order valence-electron chi connectivity index (χ0n) is 15.4. The molecule has 0 atom stereocenters. The highest BCUT2D eigenvalue weighted by Gasteiger charge is 2.20. The number of benzene rings is 1. The van der Waals surface area contributed by atoms with Gasteiger partial charge in [0.25, 0.3) is 0 Å². The van der Waals surface area contributed by atoms with E-state index >= 15 is 0 Å². The quantitative estimate of drug-likeness (QED) is 0.429. The summed E-state index contributed by atoms with van der Waals surface area (Å²) in [6.45, 7) is 3.72. The Hall–Kier alpha value is -2.20. The maximum atomic E-state index is 10.2. The van der Waals surface area contributed by atoms with Crippen molar-refractivity contribution >= 4 is 50.6 Å². The molecule has 0 fully saturated rings. The number of nitrogens with one attached hydrogen (secondary N) is 1. The van der Waals surface area contributed by atoms with Gasteiger partial charge in [-0.2, -0.15) is 10.1 Å². The van der Waals surface area contributed by atoms with Crippen molar-refractivity contribution < 1.29 is 5.11 Å². The summed E-state index contributed by atoms with van der Waals surface area (Å²) in [5.41, 5.74) is 1.63. The van der Waals surface area contributed by atoms with Gasteiger partial charge in [-0.05, 0) is 59.6 Å². The summed E-state index contributed by atoms with van der Waals surface area (Å²) in [5.74, 6) is 0.471. The molecule has 0 aliphatic heterocycles. The minimum Gasteiger partial charge on any atom is -0.384 e. The van der Waals surface area contributed by atoms with E-state index in [1.54, 1.807) is 47.6 Å². The van der Waals surface area contributed by atoms with Crippen LogP contribution >= 0.6 is 39.1 Å². The first kappa shape index (κ1) is 20.1. The Morgan fingerprint density at radius 3 is 2.72 bits per heavy atom. The lowest BCUT2D eigenvalue weighted by Crippen LogP contribution is -2.17. The van der Waals surface area contributed by atoms with E-state index < -0.39 is 5.60 Å². The lowest BCUT2D eigenvalue weighted by molar-refractivity contribution is 0.0734. The van der Waals surface area contributed by atoms with E-state index in [-0.39, 0.29) is 5.28 Å². The normalized spacial score (nSPS) is 11.9. The molecular weight excluding hydrogens is 481 g/mol. The Morgan fingerprint density at radius 1 is 1.21 bits per heavy atom. The topological polar surface area (TPSA) is 93.2 Å². The van der Waals surface area contributed by atoms with E-state index in [2.05, 4.69) is 41.4 Å². The van der Waals surface area contributed by atoms with E-state index in [0.29, 0.717) is 33.3 Å². The van der Waals surface area contributed by atoms with E-state index in [0.717, 1.165) is 11.3 Å². The van der Waals surface area contributed by atoms with Crippen LogP contribution in [0.5, 0.6) is 0 Å². The lowest BCUT2D eigenvalue weighted by atomic mass is 10.1. The number of rotatable bonds is 5. The fraction of sp³-hybridized carbons (Fsp3) is 0.222. The Bertz CT molecular complexity index is 1200. The minimum atomic E-state index is -1.04. The molecule has 0 aliphatic carbocycles. The third-order valence-corrected chi connectivity index (χ3v) is 5.34. The molecule has 8 nitrogen and oxygen atoms in total.